The van der Waals surface area contributed by atoms with Crippen molar-refractivity contribution in [3.05, 3.63) is 40.7 Å². The molecule has 0 nitrogen and oxygen atoms in total. The van der Waals surface area contributed by atoms with Crippen molar-refractivity contribution in [3.63, 3.8) is 0 Å². The maximum absolute atomic E-state index is 13.5. The molecule has 0 aliphatic rings. The summed E-state index contributed by atoms with van der Waals surface area (Å²) in [6, 6.07) is 0. The number of hydrogen-bond donors (Lipinski definition) is 0. The van der Waals surface area contributed by atoms with Gasteiger partial charge in [-0.3, -0.25) is 0 Å². The van der Waals surface area contributed by atoms with Gasteiger partial charge in [0.05, 0.1) is 0 Å². The molecule has 0 aliphatic carbocycles. The van der Waals surface area contributed by atoms with E-state index in [9.17, 15) is 30.7 Å². The van der Waals surface area contributed by atoms with Crippen LogP contribution in [0.4, 0.5) is 30.7 Å². The molecular weight excluding hydrogens is 339 g/mol. The van der Waals surface area contributed by atoms with Gasteiger partial charge in [0.25, 0.3) is 0 Å². The van der Waals surface area contributed by atoms with Crippen LogP contribution in [0.1, 0.15) is 0 Å². The van der Waals surface area contributed by atoms with Gasteiger partial charge in [0.1, 0.15) is 0 Å². The second kappa shape index (κ2) is 4.84. The first-order valence-corrected chi connectivity index (χ1v) is 7.03. The number of halogens is 7. The zero-order valence-corrected chi connectivity index (χ0v) is 13.6. The van der Waals surface area contributed by atoms with Gasteiger partial charge in [0.15, 0.2) is 0 Å². The van der Waals surface area contributed by atoms with E-state index in [1.54, 1.807) is 0 Å². The fraction of sp³-hybridized carbons (Fsp3) is 0. The molecule has 0 heterocycles. The summed E-state index contributed by atoms with van der Waals surface area (Å²) in [4.78, 5) is 0. The van der Waals surface area contributed by atoms with E-state index in [-0.39, 0.29) is 0 Å². The van der Waals surface area contributed by atoms with E-state index < -0.39 is 106 Å². The molecule has 2 aromatic rings. The first-order chi connectivity index (χ1) is 8.29. The summed E-state index contributed by atoms with van der Waals surface area (Å²) >= 11 is -0.926. The molecule has 0 bridgehead atoms. The Morgan fingerprint density at radius 3 is 1.22 bits per heavy atom. The molecule has 0 N–H and O–H groups in total. The van der Waals surface area contributed by atoms with Crippen LogP contribution in [0.2, 0.25) is 0 Å². The molecule has 0 atom stereocenters. The molecule has 0 amide bonds. The van der Waals surface area contributed by atoms with E-state index in [1.807, 2.05) is 0 Å². The van der Waals surface area contributed by atoms with Crippen LogP contribution in [-0.4, -0.2) is 55.5 Å². The van der Waals surface area contributed by atoms with E-state index in [0.717, 1.165) is 0 Å². The average Bonchev–Trinajstić information content (AvgIpc) is 2.35. The summed E-state index contributed by atoms with van der Waals surface area (Å²) in [7, 11) is 0. The van der Waals surface area contributed by atoms with Crippen LogP contribution < -0.4 is -1.37 Å². The normalized spacial score (nSPS) is 11.4. The number of benzene rings is 2. The Bertz CT molecular complexity index is 567. The number of hydrogen-bond acceptors (Lipinski definition) is 0. The Morgan fingerprint density at radius 2 is 0.778 bits per heavy atom. The molecule has 2 rings (SSSR count). The SMILES string of the molecule is Fc1c(F)c(F)c2c(F)[c]([Rb])c(F)c(F)c2c1F. The minimum absolute atomic E-state index is 0.744. The number of rotatable bonds is 0. The van der Waals surface area contributed by atoms with Crippen molar-refractivity contribution in [2.45, 2.75) is 0 Å². The zero-order chi connectivity index (χ0) is 13.8. The molecule has 0 spiro atoms. The Balaban J connectivity index is 3.22. The van der Waals surface area contributed by atoms with Crippen LogP contribution in [0, 0.1) is 40.7 Å². The molecule has 0 unspecified atom stereocenters. The summed E-state index contributed by atoms with van der Waals surface area (Å²) in [5.74, 6) is -14.0. The van der Waals surface area contributed by atoms with Crippen molar-refractivity contribution in [2.24, 2.45) is 0 Å². The second-order valence-corrected chi connectivity index (χ2v) is 6.03. The Hall–Kier alpha value is 0.0152. The Kier molecular flexibility index (Phi) is 3.88. The van der Waals surface area contributed by atoms with E-state index >= 15 is 0 Å². The van der Waals surface area contributed by atoms with Crippen molar-refractivity contribution in [3.8, 4) is 0 Å². The summed E-state index contributed by atoms with van der Waals surface area (Å²) in [6.07, 6.45) is 0. The molecule has 0 radical (unpaired) electrons. The maximum atomic E-state index is 13.5. The summed E-state index contributed by atoms with van der Waals surface area (Å²) in [5, 5.41) is -2.96. The minimum atomic E-state index is -2.31. The molecule has 8 heteroatoms. The van der Waals surface area contributed by atoms with E-state index in [0.29, 0.717) is 0 Å². The van der Waals surface area contributed by atoms with E-state index in [2.05, 4.69) is 0 Å². The van der Waals surface area contributed by atoms with Crippen molar-refractivity contribution in [1.29, 1.82) is 0 Å². The van der Waals surface area contributed by atoms with Crippen LogP contribution >= 0.6 is 0 Å². The molecular formula is C10F7Rb. The molecule has 2 aromatic carbocycles. The van der Waals surface area contributed by atoms with Crippen LogP contribution in [0.15, 0.2) is 0 Å². The van der Waals surface area contributed by atoms with Crippen molar-refractivity contribution < 1.29 is 30.7 Å². The zero-order valence-electron chi connectivity index (χ0n) is 8.65. The van der Waals surface area contributed by atoms with Gasteiger partial charge in [-0.15, -0.1) is 0 Å². The van der Waals surface area contributed by atoms with Gasteiger partial charge in [-0.1, -0.05) is 0 Å². The van der Waals surface area contributed by atoms with E-state index in [4.69, 9.17) is 0 Å². The topological polar surface area (TPSA) is 0 Å². The van der Waals surface area contributed by atoms with Gasteiger partial charge in [0, 0.05) is 0 Å². The predicted octanol–water partition coefficient (Wildman–Crippen LogP) is 2.61. The second-order valence-electron chi connectivity index (χ2n) is 3.57. The fourth-order valence-electron chi connectivity index (χ4n) is 1.60. The standard InChI is InChI=1S/C10F7.Rb/c11-2-1-3(12)6(13)5-4(2)7(14)9(16)10(17)8(5)15;. The van der Waals surface area contributed by atoms with Crippen molar-refractivity contribution in [1.82, 2.24) is 0 Å². The van der Waals surface area contributed by atoms with Gasteiger partial charge in [-0.05, 0) is 0 Å². The van der Waals surface area contributed by atoms with Gasteiger partial charge < -0.3 is 0 Å². The Labute approximate surface area is 134 Å². The van der Waals surface area contributed by atoms with E-state index in [1.165, 1.54) is 0 Å². The van der Waals surface area contributed by atoms with Gasteiger partial charge in [-0.2, -0.15) is 0 Å². The molecule has 0 fully saturated rings. The quantitative estimate of drug-likeness (QED) is 0.393. The van der Waals surface area contributed by atoms with Crippen LogP contribution in [0.5, 0.6) is 0 Å². The molecule has 18 heavy (non-hydrogen) atoms. The molecule has 90 valence electrons. The first-order valence-electron chi connectivity index (χ1n) is 4.57. The third kappa shape index (κ3) is 1.86. The van der Waals surface area contributed by atoms with Crippen molar-refractivity contribution in [2.75, 3.05) is 0 Å². The van der Waals surface area contributed by atoms with Gasteiger partial charge in [0.2, 0.25) is 0 Å². The molecule has 0 saturated heterocycles. The summed E-state index contributed by atoms with van der Waals surface area (Å²) in [5.41, 5.74) is 0. The van der Waals surface area contributed by atoms with Crippen LogP contribution in [-0.2, 0) is 0 Å². The Morgan fingerprint density at radius 1 is 0.444 bits per heavy atom. The fourth-order valence-corrected chi connectivity index (χ4v) is 2.76. The summed E-state index contributed by atoms with van der Waals surface area (Å²) in [6.45, 7) is 0. The average molecular weight is 339 g/mol. The van der Waals surface area contributed by atoms with Crippen LogP contribution in [0.3, 0.4) is 0 Å². The molecule has 0 aromatic heterocycles. The number of fused-ring (bicyclic) bond motifs is 1. The summed E-state index contributed by atoms with van der Waals surface area (Å²) < 4.78 is 91.7. The van der Waals surface area contributed by atoms with Gasteiger partial charge >= 0.3 is 136 Å². The third-order valence-electron chi connectivity index (χ3n) is 2.56. The van der Waals surface area contributed by atoms with Gasteiger partial charge in [-0.25, -0.2) is 0 Å². The molecule has 0 aliphatic heterocycles. The van der Waals surface area contributed by atoms with Crippen molar-refractivity contribution >= 4 is 64.9 Å². The molecule has 0 saturated carbocycles. The van der Waals surface area contributed by atoms with Crippen LogP contribution in [0.25, 0.3) is 10.8 Å². The monoisotopic (exact) mass is 338 g/mol. The third-order valence-corrected chi connectivity index (χ3v) is 4.72. The first kappa shape index (κ1) is 14.4. The predicted molar refractivity (Wildman–Crippen MR) is 49.0 cm³/mol.